The van der Waals surface area contributed by atoms with Gasteiger partial charge in [-0.25, -0.2) is 0 Å². The lowest BCUT2D eigenvalue weighted by Gasteiger charge is -2.12. The van der Waals surface area contributed by atoms with Gasteiger partial charge in [0.1, 0.15) is 29.6 Å². The summed E-state index contributed by atoms with van der Waals surface area (Å²) in [5, 5.41) is 9.27. The number of hydrogen-bond donors (Lipinski definition) is 0. The van der Waals surface area contributed by atoms with Crippen LogP contribution in [-0.2, 0) is 6.61 Å². The summed E-state index contributed by atoms with van der Waals surface area (Å²) in [6, 6.07) is 22.2. The topological polar surface area (TPSA) is 84.7 Å². The molecule has 0 amide bonds. The fourth-order valence-electron chi connectivity index (χ4n) is 3.38. The number of thioether (sulfide) groups is 1. The molecule has 0 aliphatic rings. The van der Waals surface area contributed by atoms with Gasteiger partial charge in [0, 0.05) is 11.8 Å². The van der Waals surface area contributed by atoms with Crippen LogP contribution < -0.4 is 18.9 Å². The van der Waals surface area contributed by atoms with Crippen molar-refractivity contribution in [1.29, 1.82) is 0 Å². The van der Waals surface area contributed by atoms with E-state index in [4.69, 9.17) is 18.9 Å². The number of Topliss-reactive ketones (excluding diaryl/α,β-unsaturated/α-hetero) is 1. The Labute approximate surface area is 207 Å². The highest BCUT2D eigenvalue weighted by Crippen LogP contribution is 2.28. The molecule has 4 rings (SSSR count). The maximum Gasteiger partial charge on any atom is 0.196 e. The molecule has 4 aromatic rings. The number of carbonyl (C=O) groups is 1. The van der Waals surface area contributed by atoms with Crippen LogP contribution >= 0.6 is 11.8 Å². The highest BCUT2D eigenvalue weighted by Gasteiger charge is 2.19. The molecule has 0 atom stereocenters. The van der Waals surface area contributed by atoms with Crippen molar-refractivity contribution in [3.63, 3.8) is 0 Å². The Balaban J connectivity index is 1.53. The van der Waals surface area contributed by atoms with Gasteiger partial charge in [0.2, 0.25) is 0 Å². The minimum atomic E-state index is -0.0897. The van der Waals surface area contributed by atoms with Gasteiger partial charge in [-0.2, -0.15) is 0 Å². The Bertz CT molecular complexity index is 1280. The average molecular weight is 492 g/mol. The number of hydrogen-bond acceptors (Lipinski definition) is 8. The van der Waals surface area contributed by atoms with Crippen molar-refractivity contribution < 1.29 is 23.7 Å². The molecule has 0 fully saturated rings. The number of ether oxygens (including phenoxy) is 4. The molecule has 3 aromatic carbocycles. The largest absolute Gasteiger partial charge is 0.497 e. The van der Waals surface area contributed by atoms with Crippen LogP contribution in [0.2, 0.25) is 0 Å². The summed E-state index contributed by atoms with van der Waals surface area (Å²) in [6.07, 6.45) is 0. The summed E-state index contributed by atoms with van der Waals surface area (Å²) in [5.41, 5.74) is 1.36. The van der Waals surface area contributed by atoms with E-state index in [-0.39, 0.29) is 18.1 Å². The maximum atomic E-state index is 13.0. The summed E-state index contributed by atoms with van der Waals surface area (Å²) in [4.78, 5) is 13.0. The van der Waals surface area contributed by atoms with Crippen molar-refractivity contribution in [3.05, 3.63) is 84.2 Å². The summed E-state index contributed by atoms with van der Waals surface area (Å²) in [7, 11) is 4.71. The molecular weight excluding hydrogens is 466 g/mol. The highest BCUT2D eigenvalue weighted by molar-refractivity contribution is 7.99. The van der Waals surface area contributed by atoms with Gasteiger partial charge < -0.3 is 18.9 Å². The van der Waals surface area contributed by atoms with Crippen molar-refractivity contribution in [1.82, 2.24) is 14.8 Å². The number of nitrogens with zero attached hydrogens (tertiary/aromatic N) is 3. The molecule has 0 N–H and O–H groups in total. The quantitative estimate of drug-likeness (QED) is 0.218. The molecule has 8 nitrogen and oxygen atoms in total. The van der Waals surface area contributed by atoms with Gasteiger partial charge in [0.05, 0.1) is 32.6 Å². The highest BCUT2D eigenvalue weighted by atomic mass is 32.2. The van der Waals surface area contributed by atoms with Crippen molar-refractivity contribution in [3.8, 4) is 28.7 Å². The molecule has 1 aromatic heterocycles. The van der Waals surface area contributed by atoms with E-state index in [0.717, 1.165) is 11.4 Å². The molecule has 0 unspecified atom stereocenters. The van der Waals surface area contributed by atoms with E-state index >= 15 is 0 Å². The Morgan fingerprint density at radius 2 is 1.51 bits per heavy atom. The minimum Gasteiger partial charge on any atom is -0.497 e. The van der Waals surface area contributed by atoms with Gasteiger partial charge in [0.25, 0.3) is 0 Å². The van der Waals surface area contributed by atoms with Gasteiger partial charge in [0.15, 0.2) is 16.8 Å². The number of benzene rings is 3. The van der Waals surface area contributed by atoms with Crippen LogP contribution in [0.1, 0.15) is 16.2 Å². The van der Waals surface area contributed by atoms with Crippen LogP contribution in [-0.4, -0.2) is 47.6 Å². The smallest absolute Gasteiger partial charge is 0.196 e. The third-order valence-corrected chi connectivity index (χ3v) is 6.11. The van der Waals surface area contributed by atoms with E-state index in [1.807, 2.05) is 59.2 Å². The molecule has 35 heavy (non-hydrogen) atoms. The van der Waals surface area contributed by atoms with Crippen LogP contribution in [0.4, 0.5) is 0 Å². The monoisotopic (exact) mass is 491 g/mol. The lowest BCUT2D eigenvalue weighted by molar-refractivity contribution is 0.101. The van der Waals surface area contributed by atoms with E-state index in [0.29, 0.717) is 33.8 Å². The second-order valence-electron chi connectivity index (χ2n) is 7.31. The second-order valence-corrected chi connectivity index (χ2v) is 8.25. The number of para-hydroxylation sites is 1. The molecule has 0 aliphatic heterocycles. The Morgan fingerprint density at radius 1 is 0.829 bits per heavy atom. The van der Waals surface area contributed by atoms with Crippen LogP contribution in [0.25, 0.3) is 5.69 Å². The zero-order chi connectivity index (χ0) is 24.6. The van der Waals surface area contributed by atoms with Crippen molar-refractivity contribution in [2.75, 3.05) is 27.1 Å². The Hall–Kier alpha value is -3.98. The van der Waals surface area contributed by atoms with Crippen molar-refractivity contribution in [2.45, 2.75) is 11.8 Å². The lowest BCUT2D eigenvalue weighted by Crippen LogP contribution is -2.09. The fraction of sp³-hybridized carbons (Fsp3) is 0.192. The van der Waals surface area contributed by atoms with Crippen LogP contribution in [0.3, 0.4) is 0 Å². The number of ketones is 1. The standard InChI is InChI=1S/C26H25N3O5S/c1-31-19-9-11-20(12-10-19)34-16-25-27-28-26(29(25)18-7-5-4-6-8-18)35-17-23(30)22-14-13-21(32-2)15-24(22)33-3/h4-15H,16-17H2,1-3H3. The third kappa shape index (κ3) is 5.75. The Kier molecular flexibility index (Phi) is 7.89. The molecular formula is C26H25N3O5S. The van der Waals surface area contributed by atoms with Crippen LogP contribution in [0.15, 0.2) is 78.0 Å². The molecule has 0 bridgehead atoms. The van der Waals surface area contributed by atoms with E-state index in [1.54, 1.807) is 32.4 Å². The number of carbonyl (C=O) groups excluding carboxylic acids is 1. The maximum absolute atomic E-state index is 13.0. The predicted molar refractivity (Wildman–Crippen MR) is 133 cm³/mol. The summed E-state index contributed by atoms with van der Waals surface area (Å²) < 4.78 is 23.6. The van der Waals surface area contributed by atoms with Gasteiger partial charge in [-0.05, 0) is 48.5 Å². The number of methoxy groups -OCH3 is 3. The third-order valence-electron chi connectivity index (χ3n) is 5.18. The molecule has 9 heteroatoms. The first-order valence-corrected chi connectivity index (χ1v) is 11.8. The molecule has 0 aliphatic carbocycles. The van der Waals surface area contributed by atoms with E-state index in [2.05, 4.69) is 10.2 Å². The van der Waals surface area contributed by atoms with Crippen LogP contribution in [0.5, 0.6) is 23.0 Å². The van der Waals surface area contributed by atoms with Crippen LogP contribution in [0, 0.1) is 0 Å². The summed E-state index contributed by atoms with van der Waals surface area (Å²) in [6.45, 7) is 0.203. The zero-order valence-electron chi connectivity index (χ0n) is 19.6. The molecule has 0 spiro atoms. The van der Waals surface area contributed by atoms with Gasteiger partial charge in [-0.3, -0.25) is 9.36 Å². The first-order chi connectivity index (χ1) is 17.1. The molecule has 0 saturated heterocycles. The van der Waals surface area contributed by atoms with Gasteiger partial charge in [-0.1, -0.05) is 30.0 Å². The molecule has 0 radical (unpaired) electrons. The number of aromatic nitrogens is 3. The molecule has 180 valence electrons. The first-order valence-electron chi connectivity index (χ1n) is 10.8. The fourth-order valence-corrected chi connectivity index (χ4v) is 4.23. The summed E-state index contributed by atoms with van der Waals surface area (Å²) in [5.74, 6) is 3.21. The van der Waals surface area contributed by atoms with E-state index in [9.17, 15) is 4.79 Å². The SMILES string of the molecule is COc1ccc(OCc2nnc(SCC(=O)c3ccc(OC)cc3OC)n2-c2ccccc2)cc1. The second kappa shape index (κ2) is 11.4. The average Bonchev–Trinajstić information content (AvgIpc) is 3.33. The number of rotatable bonds is 11. The predicted octanol–water partition coefficient (Wildman–Crippen LogP) is 4.85. The first kappa shape index (κ1) is 24.2. The van der Waals surface area contributed by atoms with Gasteiger partial charge in [-0.15, -0.1) is 10.2 Å². The van der Waals surface area contributed by atoms with E-state index in [1.165, 1.54) is 18.9 Å². The van der Waals surface area contributed by atoms with Gasteiger partial charge >= 0.3 is 0 Å². The van der Waals surface area contributed by atoms with E-state index < -0.39 is 0 Å². The van der Waals surface area contributed by atoms with Crippen molar-refractivity contribution in [2.24, 2.45) is 0 Å². The minimum absolute atomic E-state index is 0.0897. The Morgan fingerprint density at radius 3 is 2.20 bits per heavy atom. The lowest BCUT2D eigenvalue weighted by atomic mass is 10.1. The molecule has 0 saturated carbocycles. The summed E-state index contributed by atoms with van der Waals surface area (Å²) >= 11 is 1.30. The molecule has 1 heterocycles. The normalized spacial score (nSPS) is 10.6. The zero-order valence-corrected chi connectivity index (χ0v) is 20.5. The van der Waals surface area contributed by atoms with Crippen molar-refractivity contribution >= 4 is 17.5 Å².